The molecule has 0 spiro atoms. The van der Waals surface area contributed by atoms with E-state index < -0.39 is 5.97 Å². The highest BCUT2D eigenvalue weighted by atomic mass is 32.1. The fourth-order valence-corrected chi connectivity index (χ4v) is 4.37. The van der Waals surface area contributed by atoms with Gasteiger partial charge in [0.15, 0.2) is 0 Å². The van der Waals surface area contributed by atoms with Crippen LogP contribution in [0.4, 0.5) is 0 Å². The van der Waals surface area contributed by atoms with Gasteiger partial charge in [-0.2, -0.15) is 0 Å². The Bertz CT molecular complexity index is 693. The Labute approximate surface area is 129 Å². The third-order valence-electron chi connectivity index (χ3n) is 4.30. The van der Waals surface area contributed by atoms with E-state index in [1.807, 2.05) is 31.2 Å². The van der Waals surface area contributed by atoms with E-state index in [9.17, 15) is 9.90 Å². The van der Waals surface area contributed by atoms with Crippen molar-refractivity contribution in [2.75, 3.05) is 0 Å². The summed E-state index contributed by atoms with van der Waals surface area (Å²) in [6.45, 7) is 6.50. The van der Waals surface area contributed by atoms with Crippen LogP contribution in [0, 0.1) is 12.3 Å². The summed E-state index contributed by atoms with van der Waals surface area (Å²) in [5, 5.41) is 9.70. The molecule has 0 radical (unpaired) electrons. The minimum absolute atomic E-state index is 0.197. The summed E-state index contributed by atoms with van der Waals surface area (Å²) >= 11 is 1.67. The molecule has 0 atom stereocenters. The van der Waals surface area contributed by atoms with Crippen molar-refractivity contribution in [3.05, 3.63) is 45.8 Å². The van der Waals surface area contributed by atoms with Crippen LogP contribution in [0.25, 0.3) is 10.4 Å². The topological polar surface area (TPSA) is 37.3 Å². The van der Waals surface area contributed by atoms with E-state index in [1.54, 1.807) is 11.3 Å². The summed E-state index contributed by atoms with van der Waals surface area (Å²) in [5.41, 5.74) is 4.02. The van der Waals surface area contributed by atoms with Gasteiger partial charge in [-0.15, -0.1) is 11.3 Å². The first-order valence-electron chi connectivity index (χ1n) is 7.32. The maximum absolute atomic E-state index is 11.8. The fraction of sp³-hybridized carbons (Fsp3) is 0.389. The number of aromatic carboxylic acids is 1. The van der Waals surface area contributed by atoms with Gasteiger partial charge in [0.05, 0.1) is 5.56 Å². The molecule has 0 bridgehead atoms. The van der Waals surface area contributed by atoms with E-state index in [0.717, 1.165) is 35.3 Å². The van der Waals surface area contributed by atoms with Gasteiger partial charge in [0.1, 0.15) is 0 Å². The van der Waals surface area contributed by atoms with E-state index in [4.69, 9.17) is 0 Å². The second kappa shape index (κ2) is 4.99. The molecule has 0 unspecified atom stereocenters. The number of carboxylic acid groups (broad SMARTS) is 1. The van der Waals surface area contributed by atoms with Crippen molar-refractivity contribution < 1.29 is 9.90 Å². The highest BCUT2D eigenvalue weighted by Gasteiger charge is 2.32. The van der Waals surface area contributed by atoms with E-state index >= 15 is 0 Å². The maximum atomic E-state index is 11.8. The smallest absolute Gasteiger partial charge is 0.337 e. The first-order chi connectivity index (χ1) is 9.87. The number of aryl methyl sites for hydroxylation is 2. The maximum Gasteiger partial charge on any atom is 0.337 e. The number of fused-ring (bicyclic) bond motifs is 1. The lowest BCUT2D eigenvalue weighted by Gasteiger charge is -2.29. The lowest BCUT2D eigenvalue weighted by atomic mass is 9.76. The number of carbonyl (C=O) groups is 1. The number of benzene rings is 1. The highest BCUT2D eigenvalue weighted by molar-refractivity contribution is 7.16. The third-order valence-corrected chi connectivity index (χ3v) is 5.64. The van der Waals surface area contributed by atoms with Crippen LogP contribution in [0.5, 0.6) is 0 Å². The van der Waals surface area contributed by atoms with Crippen molar-refractivity contribution >= 4 is 17.3 Å². The zero-order chi connectivity index (χ0) is 15.2. The minimum atomic E-state index is -0.791. The van der Waals surface area contributed by atoms with E-state index in [2.05, 4.69) is 13.8 Å². The summed E-state index contributed by atoms with van der Waals surface area (Å²) in [6, 6.07) is 8.15. The Morgan fingerprint density at radius 3 is 2.52 bits per heavy atom. The predicted octanol–water partition coefficient (Wildman–Crippen LogP) is 4.94. The summed E-state index contributed by atoms with van der Waals surface area (Å²) in [5.74, 6) is -0.791. The summed E-state index contributed by atoms with van der Waals surface area (Å²) < 4.78 is 0. The van der Waals surface area contributed by atoms with E-state index in [1.165, 1.54) is 10.4 Å². The Kier molecular flexibility index (Phi) is 3.40. The quantitative estimate of drug-likeness (QED) is 0.853. The van der Waals surface area contributed by atoms with Gasteiger partial charge in [-0.3, -0.25) is 0 Å². The van der Waals surface area contributed by atoms with Crippen LogP contribution >= 0.6 is 11.3 Å². The van der Waals surface area contributed by atoms with Crippen LogP contribution in [0.15, 0.2) is 24.3 Å². The summed E-state index contributed by atoms with van der Waals surface area (Å²) in [6.07, 6.45) is 3.00. The largest absolute Gasteiger partial charge is 0.478 e. The number of rotatable bonds is 2. The van der Waals surface area contributed by atoms with Crippen LogP contribution in [-0.2, 0) is 12.8 Å². The fourth-order valence-electron chi connectivity index (χ4n) is 3.05. The molecule has 1 aliphatic carbocycles. The molecule has 110 valence electrons. The summed E-state index contributed by atoms with van der Waals surface area (Å²) in [7, 11) is 0. The van der Waals surface area contributed by atoms with Gasteiger partial charge in [-0.25, -0.2) is 4.79 Å². The second-order valence-corrected chi connectivity index (χ2v) is 7.83. The molecule has 1 aliphatic rings. The molecule has 0 fully saturated rings. The zero-order valence-corrected chi connectivity index (χ0v) is 13.5. The van der Waals surface area contributed by atoms with Gasteiger partial charge in [-0.05, 0) is 42.7 Å². The van der Waals surface area contributed by atoms with Gasteiger partial charge in [0.25, 0.3) is 0 Å². The lowest BCUT2D eigenvalue weighted by molar-refractivity contribution is 0.0696. The molecule has 0 amide bonds. The average molecular weight is 300 g/mol. The van der Waals surface area contributed by atoms with Gasteiger partial charge in [-0.1, -0.05) is 43.7 Å². The number of hydrogen-bond acceptors (Lipinski definition) is 2. The summed E-state index contributed by atoms with van der Waals surface area (Å²) in [4.78, 5) is 14.0. The van der Waals surface area contributed by atoms with Crippen molar-refractivity contribution in [2.24, 2.45) is 5.41 Å². The molecular weight excluding hydrogens is 280 g/mol. The first kappa shape index (κ1) is 14.3. The molecule has 1 heterocycles. The average Bonchev–Trinajstić information content (AvgIpc) is 2.76. The molecule has 21 heavy (non-hydrogen) atoms. The van der Waals surface area contributed by atoms with Crippen molar-refractivity contribution in [2.45, 2.75) is 40.0 Å². The van der Waals surface area contributed by atoms with Gasteiger partial charge >= 0.3 is 5.97 Å². The molecule has 3 heteroatoms. The van der Waals surface area contributed by atoms with Crippen molar-refractivity contribution in [1.29, 1.82) is 0 Å². The Morgan fingerprint density at radius 2 is 1.90 bits per heavy atom. The van der Waals surface area contributed by atoms with Crippen molar-refractivity contribution in [3.8, 4) is 10.4 Å². The SMILES string of the molecule is Cc1ccc(-c2sc3c(c2C(=O)O)CC(C)(C)CC3)cc1. The standard InChI is InChI=1S/C18H20O2S/c1-11-4-6-12(7-5-11)16-15(17(19)20)13-10-18(2,3)9-8-14(13)21-16/h4-7H,8-10H2,1-3H3,(H,19,20). The normalized spacial score (nSPS) is 16.5. The van der Waals surface area contributed by atoms with Crippen LogP contribution in [-0.4, -0.2) is 11.1 Å². The Morgan fingerprint density at radius 1 is 1.24 bits per heavy atom. The van der Waals surface area contributed by atoms with Gasteiger partial charge < -0.3 is 5.11 Å². The number of carboxylic acids is 1. The van der Waals surface area contributed by atoms with Gasteiger partial charge in [0.2, 0.25) is 0 Å². The van der Waals surface area contributed by atoms with Crippen LogP contribution < -0.4 is 0 Å². The second-order valence-electron chi connectivity index (χ2n) is 6.72. The predicted molar refractivity (Wildman–Crippen MR) is 87.3 cm³/mol. The van der Waals surface area contributed by atoms with Crippen LogP contribution in [0.1, 0.15) is 46.6 Å². The van der Waals surface area contributed by atoms with E-state index in [0.29, 0.717) is 5.56 Å². The Hall–Kier alpha value is -1.61. The Balaban J connectivity index is 2.16. The van der Waals surface area contributed by atoms with E-state index in [-0.39, 0.29) is 5.41 Å². The monoisotopic (exact) mass is 300 g/mol. The molecule has 0 aliphatic heterocycles. The number of thiophene rings is 1. The minimum Gasteiger partial charge on any atom is -0.478 e. The van der Waals surface area contributed by atoms with Crippen molar-refractivity contribution in [1.82, 2.24) is 0 Å². The molecule has 0 saturated carbocycles. The van der Waals surface area contributed by atoms with Gasteiger partial charge in [0, 0.05) is 9.75 Å². The molecular formula is C18H20O2S. The molecule has 2 nitrogen and oxygen atoms in total. The first-order valence-corrected chi connectivity index (χ1v) is 8.14. The zero-order valence-electron chi connectivity index (χ0n) is 12.7. The molecule has 0 saturated heterocycles. The number of hydrogen-bond donors (Lipinski definition) is 1. The highest BCUT2D eigenvalue weighted by Crippen LogP contribution is 2.45. The molecule has 3 rings (SSSR count). The molecule has 1 N–H and O–H groups in total. The van der Waals surface area contributed by atoms with Crippen LogP contribution in [0.2, 0.25) is 0 Å². The molecule has 1 aromatic carbocycles. The lowest BCUT2D eigenvalue weighted by Crippen LogP contribution is -2.22. The third kappa shape index (κ3) is 2.62. The van der Waals surface area contributed by atoms with Crippen molar-refractivity contribution in [3.63, 3.8) is 0 Å². The molecule has 2 aromatic rings. The molecule has 1 aromatic heterocycles. The van der Waals surface area contributed by atoms with Crippen LogP contribution in [0.3, 0.4) is 0 Å².